The van der Waals surface area contributed by atoms with Crippen LogP contribution in [-0.4, -0.2) is 18.0 Å². The monoisotopic (exact) mass is 226 g/mol. The Kier molecular flexibility index (Phi) is 4.78. The summed E-state index contributed by atoms with van der Waals surface area (Å²) in [5.74, 6) is 1.15. The van der Waals surface area contributed by atoms with E-state index in [1.807, 2.05) is 6.92 Å². The lowest BCUT2D eigenvalue weighted by Gasteiger charge is -2.34. The van der Waals surface area contributed by atoms with Crippen LogP contribution in [0.2, 0.25) is 0 Å². The first-order valence-electron chi connectivity index (χ1n) is 6.49. The summed E-state index contributed by atoms with van der Waals surface area (Å²) in [7, 11) is 0. The highest BCUT2D eigenvalue weighted by Gasteiger charge is 2.29. The minimum Gasteiger partial charge on any atom is -0.349 e. The van der Waals surface area contributed by atoms with Crippen LogP contribution in [0, 0.1) is 11.8 Å². The number of hydrogen-bond acceptors (Lipinski definition) is 2. The highest BCUT2D eigenvalue weighted by Crippen LogP contribution is 2.27. The third-order valence-corrected chi connectivity index (χ3v) is 4.07. The van der Waals surface area contributed by atoms with Gasteiger partial charge in [-0.05, 0) is 31.6 Å². The Morgan fingerprint density at radius 1 is 1.44 bits per heavy atom. The molecule has 1 amide bonds. The van der Waals surface area contributed by atoms with Crippen LogP contribution in [0.25, 0.3) is 0 Å². The Morgan fingerprint density at radius 3 is 2.44 bits per heavy atom. The first-order chi connectivity index (χ1) is 7.48. The second-order valence-corrected chi connectivity index (χ2v) is 5.68. The topological polar surface area (TPSA) is 55.1 Å². The van der Waals surface area contributed by atoms with E-state index in [-0.39, 0.29) is 11.4 Å². The summed E-state index contributed by atoms with van der Waals surface area (Å²) >= 11 is 0. The molecule has 1 aliphatic rings. The van der Waals surface area contributed by atoms with Gasteiger partial charge in [0.25, 0.3) is 0 Å². The normalized spacial score (nSPS) is 21.1. The fourth-order valence-corrected chi connectivity index (χ4v) is 2.28. The van der Waals surface area contributed by atoms with Crippen molar-refractivity contribution in [2.75, 3.05) is 6.54 Å². The number of carbonyl (C=O) groups excluding carboxylic acids is 1. The molecule has 94 valence electrons. The second kappa shape index (κ2) is 5.67. The van der Waals surface area contributed by atoms with E-state index in [4.69, 9.17) is 5.73 Å². The summed E-state index contributed by atoms with van der Waals surface area (Å²) in [5.41, 5.74) is 5.50. The molecule has 0 spiro atoms. The molecule has 1 fully saturated rings. The maximum atomic E-state index is 11.9. The van der Waals surface area contributed by atoms with Gasteiger partial charge in [-0.1, -0.05) is 26.7 Å². The molecule has 0 aliphatic heterocycles. The standard InChI is InChI=1S/C13H26N2O/c1-10(2)13(3,9-14)15-12(16)8-11-6-4-5-7-11/h10-11H,4-9,14H2,1-3H3,(H,15,16). The van der Waals surface area contributed by atoms with E-state index in [0.29, 0.717) is 24.8 Å². The molecule has 0 heterocycles. The summed E-state index contributed by atoms with van der Waals surface area (Å²) in [6, 6.07) is 0. The van der Waals surface area contributed by atoms with Crippen LogP contribution in [0.15, 0.2) is 0 Å². The molecule has 0 bridgehead atoms. The summed E-state index contributed by atoms with van der Waals surface area (Å²) < 4.78 is 0. The van der Waals surface area contributed by atoms with Gasteiger partial charge in [-0.15, -0.1) is 0 Å². The zero-order chi connectivity index (χ0) is 12.2. The molecule has 1 saturated carbocycles. The van der Waals surface area contributed by atoms with Crippen molar-refractivity contribution < 1.29 is 4.79 Å². The van der Waals surface area contributed by atoms with Gasteiger partial charge in [0.1, 0.15) is 0 Å². The minimum absolute atomic E-state index is 0.175. The minimum atomic E-state index is -0.254. The molecule has 1 rings (SSSR count). The van der Waals surface area contributed by atoms with E-state index < -0.39 is 0 Å². The molecule has 3 N–H and O–H groups in total. The first kappa shape index (κ1) is 13.5. The van der Waals surface area contributed by atoms with Gasteiger partial charge in [0.05, 0.1) is 5.54 Å². The predicted molar refractivity (Wildman–Crippen MR) is 67.0 cm³/mol. The predicted octanol–water partition coefficient (Wildman–Crippen LogP) is 2.06. The quantitative estimate of drug-likeness (QED) is 0.754. The van der Waals surface area contributed by atoms with Crippen molar-refractivity contribution in [1.82, 2.24) is 5.32 Å². The third-order valence-electron chi connectivity index (χ3n) is 4.07. The Hall–Kier alpha value is -0.570. The van der Waals surface area contributed by atoms with Gasteiger partial charge >= 0.3 is 0 Å². The first-order valence-corrected chi connectivity index (χ1v) is 6.49. The average molecular weight is 226 g/mol. The highest BCUT2D eigenvalue weighted by molar-refractivity contribution is 5.77. The Bertz CT molecular complexity index is 234. The van der Waals surface area contributed by atoms with Crippen molar-refractivity contribution in [2.24, 2.45) is 17.6 Å². The Balaban J connectivity index is 2.42. The molecular formula is C13H26N2O. The van der Waals surface area contributed by atoms with Gasteiger partial charge in [-0.3, -0.25) is 4.79 Å². The smallest absolute Gasteiger partial charge is 0.220 e. The van der Waals surface area contributed by atoms with E-state index in [1.54, 1.807) is 0 Å². The van der Waals surface area contributed by atoms with Gasteiger partial charge in [0.15, 0.2) is 0 Å². The molecule has 3 heteroatoms. The van der Waals surface area contributed by atoms with E-state index in [0.717, 1.165) is 0 Å². The zero-order valence-corrected chi connectivity index (χ0v) is 10.9. The lowest BCUT2D eigenvalue weighted by Crippen LogP contribution is -2.55. The summed E-state index contributed by atoms with van der Waals surface area (Å²) in [5, 5.41) is 3.11. The number of rotatable bonds is 5. The Labute approximate surface area is 99.2 Å². The molecule has 16 heavy (non-hydrogen) atoms. The fourth-order valence-electron chi connectivity index (χ4n) is 2.28. The largest absolute Gasteiger partial charge is 0.349 e. The number of hydrogen-bond donors (Lipinski definition) is 2. The Morgan fingerprint density at radius 2 is 2.00 bits per heavy atom. The average Bonchev–Trinajstić information content (AvgIpc) is 2.69. The molecule has 0 saturated heterocycles. The number of nitrogens with one attached hydrogen (secondary N) is 1. The molecule has 1 aliphatic carbocycles. The van der Waals surface area contributed by atoms with Crippen molar-refractivity contribution in [1.29, 1.82) is 0 Å². The SMILES string of the molecule is CC(C)C(C)(CN)NC(=O)CC1CCCC1. The summed E-state index contributed by atoms with van der Waals surface area (Å²) in [6.07, 6.45) is 5.69. The molecule has 0 aromatic carbocycles. The third kappa shape index (κ3) is 3.48. The van der Waals surface area contributed by atoms with Crippen molar-refractivity contribution in [3.05, 3.63) is 0 Å². The van der Waals surface area contributed by atoms with E-state index in [1.165, 1.54) is 25.7 Å². The molecule has 1 atom stereocenters. The molecule has 0 aromatic heterocycles. The second-order valence-electron chi connectivity index (χ2n) is 5.68. The van der Waals surface area contributed by atoms with Gasteiger partial charge in [0, 0.05) is 13.0 Å². The maximum Gasteiger partial charge on any atom is 0.220 e. The van der Waals surface area contributed by atoms with Gasteiger partial charge in [-0.2, -0.15) is 0 Å². The van der Waals surface area contributed by atoms with Crippen molar-refractivity contribution in [3.8, 4) is 0 Å². The fraction of sp³-hybridized carbons (Fsp3) is 0.923. The molecule has 3 nitrogen and oxygen atoms in total. The van der Waals surface area contributed by atoms with E-state index >= 15 is 0 Å². The van der Waals surface area contributed by atoms with Crippen LogP contribution >= 0.6 is 0 Å². The van der Waals surface area contributed by atoms with Gasteiger partial charge in [0.2, 0.25) is 5.91 Å². The molecule has 1 unspecified atom stereocenters. The lowest BCUT2D eigenvalue weighted by atomic mass is 9.88. The van der Waals surface area contributed by atoms with E-state index in [2.05, 4.69) is 19.2 Å². The van der Waals surface area contributed by atoms with Crippen LogP contribution in [0.3, 0.4) is 0 Å². The number of nitrogens with two attached hydrogens (primary N) is 1. The van der Waals surface area contributed by atoms with Crippen molar-refractivity contribution >= 4 is 5.91 Å². The molecular weight excluding hydrogens is 200 g/mol. The van der Waals surface area contributed by atoms with Crippen LogP contribution in [0.4, 0.5) is 0 Å². The van der Waals surface area contributed by atoms with Gasteiger partial charge in [-0.25, -0.2) is 0 Å². The van der Waals surface area contributed by atoms with Crippen LogP contribution in [0.5, 0.6) is 0 Å². The molecule has 0 aromatic rings. The van der Waals surface area contributed by atoms with Crippen LogP contribution in [0.1, 0.15) is 52.9 Å². The highest BCUT2D eigenvalue weighted by atomic mass is 16.1. The number of amides is 1. The number of carbonyl (C=O) groups is 1. The van der Waals surface area contributed by atoms with Gasteiger partial charge < -0.3 is 11.1 Å². The molecule has 0 radical (unpaired) electrons. The van der Waals surface area contributed by atoms with Crippen LogP contribution in [-0.2, 0) is 4.79 Å². The zero-order valence-electron chi connectivity index (χ0n) is 10.9. The summed E-state index contributed by atoms with van der Waals surface area (Å²) in [6.45, 7) is 6.73. The van der Waals surface area contributed by atoms with Crippen LogP contribution < -0.4 is 11.1 Å². The van der Waals surface area contributed by atoms with Crippen molar-refractivity contribution in [3.63, 3.8) is 0 Å². The van der Waals surface area contributed by atoms with E-state index in [9.17, 15) is 4.79 Å². The maximum absolute atomic E-state index is 11.9. The summed E-state index contributed by atoms with van der Waals surface area (Å²) in [4.78, 5) is 11.9. The van der Waals surface area contributed by atoms with Crippen molar-refractivity contribution in [2.45, 2.75) is 58.4 Å². The lowest BCUT2D eigenvalue weighted by molar-refractivity contribution is -0.124.